The van der Waals surface area contributed by atoms with Gasteiger partial charge in [-0.2, -0.15) is 0 Å². The van der Waals surface area contributed by atoms with Crippen molar-refractivity contribution in [2.24, 2.45) is 5.41 Å². The molecule has 0 radical (unpaired) electrons. The van der Waals surface area contributed by atoms with Crippen molar-refractivity contribution >= 4 is 11.5 Å². The van der Waals surface area contributed by atoms with E-state index in [2.05, 4.69) is 17.2 Å². The number of hydrogen-bond donors (Lipinski definition) is 3. The van der Waals surface area contributed by atoms with Crippen LogP contribution in [0.5, 0.6) is 0 Å². The molecule has 0 aliphatic heterocycles. The van der Waals surface area contributed by atoms with E-state index in [0.29, 0.717) is 18.6 Å². The predicted molar refractivity (Wildman–Crippen MR) is 82.7 cm³/mol. The normalized spacial score (nSPS) is 15.9. The molecular weight excluding hydrogens is 272 g/mol. The average Bonchev–Trinajstić information content (AvgIpc) is 3.18. The van der Waals surface area contributed by atoms with Crippen molar-refractivity contribution in [3.05, 3.63) is 20.8 Å². The Morgan fingerprint density at radius 1 is 1.43 bits per heavy atom. The lowest BCUT2D eigenvalue weighted by atomic mass is 10.0. The Balaban J connectivity index is 2.19. The molecule has 21 heavy (non-hydrogen) atoms. The molecule has 1 fully saturated rings. The zero-order valence-corrected chi connectivity index (χ0v) is 12.7. The van der Waals surface area contributed by atoms with E-state index in [1.165, 1.54) is 17.4 Å². The van der Waals surface area contributed by atoms with Crippen LogP contribution in [-0.4, -0.2) is 29.8 Å². The SMILES string of the molecule is CCCC1(CNc2c(N)n(CCOC)c(=O)[nH]c2=O)CC1. The Bertz CT molecular complexity index is 601. The van der Waals surface area contributed by atoms with E-state index in [0.717, 1.165) is 19.4 Å². The van der Waals surface area contributed by atoms with Crippen molar-refractivity contribution in [2.45, 2.75) is 39.2 Å². The first-order valence-corrected chi connectivity index (χ1v) is 7.38. The van der Waals surface area contributed by atoms with Crippen LogP contribution >= 0.6 is 0 Å². The fraction of sp³-hybridized carbons (Fsp3) is 0.714. The standard InChI is InChI=1S/C14H24N4O3/c1-3-4-14(5-6-14)9-16-10-11(15)18(7-8-21-2)13(20)17-12(10)19/h16H,3-9,15H2,1-2H3,(H,17,19,20). The largest absolute Gasteiger partial charge is 0.383 e. The lowest BCUT2D eigenvalue weighted by Crippen LogP contribution is -2.35. The summed E-state index contributed by atoms with van der Waals surface area (Å²) >= 11 is 0. The van der Waals surface area contributed by atoms with E-state index in [1.807, 2.05) is 0 Å². The highest BCUT2D eigenvalue weighted by Gasteiger charge is 2.41. The molecule has 1 heterocycles. The van der Waals surface area contributed by atoms with Gasteiger partial charge in [0.05, 0.1) is 13.2 Å². The van der Waals surface area contributed by atoms with Crippen LogP contribution in [-0.2, 0) is 11.3 Å². The number of H-pyrrole nitrogens is 1. The Morgan fingerprint density at radius 3 is 2.71 bits per heavy atom. The molecule has 1 aliphatic carbocycles. The quantitative estimate of drug-likeness (QED) is 0.657. The molecule has 2 rings (SSSR count). The molecule has 0 spiro atoms. The lowest BCUT2D eigenvalue weighted by Gasteiger charge is -2.18. The number of hydrogen-bond acceptors (Lipinski definition) is 5. The van der Waals surface area contributed by atoms with Crippen LogP contribution in [0, 0.1) is 5.41 Å². The van der Waals surface area contributed by atoms with Gasteiger partial charge in [0, 0.05) is 13.7 Å². The van der Waals surface area contributed by atoms with Gasteiger partial charge in [0.25, 0.3) is 5.56 Å². The van der Waals surface area contributed by atoms with Crippen LogP contribution in [0.3, 0.4) is 0 Å². The van der Waals surface area contributed by atoms with Crippen molar-refractivity contribution in [3.8, 4) is 0 Å². The van der Waals surface area contributed by atoms with Crippen LogP contribution in [0.4, 0.5) is 11.5 Å². The van der Waals surface area contributed by atoms with Crippen LogP contribution < -0.4 is 22.3 Å². The first-order chi connectivity index (χ1) is 10.0. The molecule has 4 N–H and O–H groups in total. The fourth-order valence-electron chi connectivity index (χ4n) is 2.66. The number of rotatable bonds is 8. The summed E-state index contributed by atoms with van der Waals surface area (Å²) in [4.78, 5) is 26.0. The molecule has 0 aromatic carbocycles. The molecule has 1 aromatic heterocycles. The van der Waals surface area contributed by atoms with Gasteiger partial charge in [0.1, 0.15) is 11.5 Å². The zero-order valence-electron chi connectivity index (χ0n) is 12.7. The van der Waals surface area contributed by atoms with Gasteiger partial charge in [-0.05, 0) is 24.7 Å². The van der Waals surface area contributed by atoms with E-state index in [9.17, 15) is 9.59 Å². The summed E-state index contributed by atoms with van der Waals surface area (Å²) in [6.45, 7) is 3.55. The third-order valence-corrected chi connectivity index (χ3v) is 4.14. The van der Waals surface area contributed by atoms with Gasteiger partial charge < -0.3 is 15.8 Å². The van der Waals surface area contributed by atoms with Crippen LogP contribution in [0.2, 0.25) is 0 Å². The molecule has 1 saturated carbocycles. The van der Waals surface area contributed by atoms with Crippen molar-refractivity contribution < 1.29 is 4.74 Å². The average molecular weight is 296 g/mol. The van der Waals surface area contributed by atoms with Crippen molar-refractivity contribution in [2.75, 3.05) is 31.3 Å². The van der Waals surface area contributed by atoms with E-state index in [4.69, 9.17) is 10.5 Å². The van der Waals surface area contributed by atoms with Crippen LogP contribution in [0.15, 0.2) is 9.59 Å². The van der Waals surface area contributed by atoms with Crippen LogP contribution in [0.25, 0.3) is 0 Å². The number of aromatic amines is 1. The highest BCUT2D eigenvalue weighted by molar-refractivity contribution is 5.60. The summed E-state index contributed by atoms with van der Waals surface area (Å²) < 4.78 is 6.28. The second-order valence-corrected chi connectivity index (χ2v) is 5.77. The molecule has 0 bridgehead atoms. The summed E-state index contributed by atoms with van der Waals surface area (Å²) in [5.41, 5.74) is 5.59. The number of nitrogens with two attached hydrogens (primary N) is 1. The van der Waals surface area contributed by atoms with Crippen molar-refractivity contribution in [1.82, 2.24) is 9.55 Å². The molecule has 0 unspecified atom stereocenters. The number of nitrogens with one attached hydrogen (secondary N) is 2. The highest BCUT2D eigenvalue weighted by atomic mass is 16.5. The molecular formula is C14H24N4O3. The minimum Gasteiger partial charge on any atom is -0.383 e. The fourth-order valence-corrected chi connectivity index (χ4v) is 2.66. The lowest BCUT2D eigenvalue weighted by molar-refractivity contribution is 0.186. The van der Waals surface area contributed by atoms with Gasteiger partial charge in [-0.15, -0.1) is 0 Å². The Kier molecular flexibility index (Phi) is 4.72. The topological polar surface area (TPSA) is 102 Å². The summed E-state index contributed by atoms with van der Waals surface area (Å²) in [5.74, 6) is 0.174. The monoisotopic (exact) mass is 296 g/mol. The Morgan fingerprint density at radius 2 is 2.14 bits per heavy atom. The van der Waals surface area contributed by atoms with E-state index < -0.39 is 11.2 Å². The summed E-state index contributed by atoms with van der Waals surface area (Å²) in [7, 11) is 1.55. The smallest absolute Gasteiger partial charge is 0.330 e. The first-order valence-electron chi connectivity index (χ1n) is 7.38. The second kappa shape index (κ2) is 6.34. The molecule has 7 heteroatoms. The molecule has 1 aromatic rings. The van der Waals surface area contributed by atoms with E-state index >= 15 is 0 Å². The van der Waals surface area contributed by atoms with Gasteiger partial charge in [0.2, 0.25) is 0 Å². The van der Waals surface area contributed by atoms with Crippen molar-refractivity contribution in [3.63, 3.8) is 0 Å². The maximum atomic E-state index is 11.9. The zero-order chi connectivity index (χ0) is 15.5. The molecule has 1 aliphatic rings. The summed E-state index contributed by atoms with van der Waals surface area (Å²) in [6.07, 6.45) is 4.62. The van der Waals surface area contributed by atoms with E-state index in [-0.39, 0.29) is 11.5 Å². The maximum Gasteiger partial charge on any atom is 0.330 e. The summed E-state index contributed by atoms with van der Waals surface area (Å²) in [5, 5.41) is 3.14. The minimum absolute atomic E-state index is 0.174. The predicted octanol–water partition coefficient (Wildman–Crippen LogP) is 0.757. The third-order valence-electron chi connectivity index (χ3n) is 4.14. The molecule has 118 valence electrons. The Labute approximate surface area is 123 Å². The molecule has 7 nitrogen and oxygen atoms in total. The number of anilines is 2. The highest BCUT2D eigenvalue weighted by Crippen LogP contribution is 2.49. The maximum absolute atomic E-state index is 11.9. The third kappa shape index (κ3) is 3.47. The van der Waals surface area contributed by atoms with Crippen molar-refractivity contribution in [1.29, 1.82) is 0 Å². The van der Waals surface area contributed by atoms with E-state index in [1.54, 1.807) is 7.11 Å². The summed E-state index contributed by atoms with van der Waals surface area (Å²) in [6, 6.07) is 0. The Hall–Kier alpha value is -1.76. The van der Waals surface area contributed by atoms with Gasteiger partial charge in [0.15, 0.2) is 0 Å². The van der Waals surface area contributed by atoms with Crippen LogP contribution in [0.1, 0.15) is 32.6 Å². The molecule has 0 amide bonds. The van der Waals surface area contributed by atoms with Gasteiger partial charge in [-0.25, -0.2) is 4.79 Å². The number of methoxy groups -OCH3 is 1. The molecule has 0 atom stereocenters. The van der Waals surface area contributed by atoms with Gasteiger partial charge >= 0.3 is 5.69 Å². The second-order valence-electron chi connectivity index (χ2n) is 5.77. The van der Waals surface area contributed by atoms with Gasteiger partial charge in [-0.3, -0.25) is 14.3 Å². The number of nitrogens with zero attached hydrogens (tertiary/aromatic N) is 1. The first kappa shape index (κ1) is 15.6. The van der Waals surface area contributed by atoms with Gasteiger partial charge in [-0.1, -0.05) is 13.3 Å². The minimum atomic E-state index is -0.505. The molecule has 0 saturated heterocycles. The number of nitrogen functional groups attached to an aromatic ring is 1. The number of aromatic nitrogens is 2. The number of ether oxygens (including phenoxy) is 1.